The van der Waals surface area contributed by atoms with Gasteiger partial charge in [-0.15, -0.1) is 0 Å². The molecule has 0 amide bonds. The van der Waals surface area contributed by atoms with E-state index in [1.165, 1.54) is 0 Å². The number of nitrogens with zero attached hydrogens (tertiary/aromatic N) is 1. The summed E-state index contributed by atoms with van der Waals surface area (Å²) in [5, 5.41) is 9.74. The Labute approximate surface area is 168 Å². The number of nitriles is 1. The standard InChI is InChI=1S/C22H20N2O3S/c1-3-26-22(25)19-14(2)27-21(24)17(13-23)20(19)16-11-7-8-12-18(16)28-15-9-5-4-6-10-15/h4-12,20H,3,24H2,1-2H3. The number of nitrogens with two attached hydrogens (primary N) is 1. The Morgan fingerprint density at radius 1 is 1.21 bits per heavy atom. The lowest BCUT2D eigenvalue weighted by Crippen LogP contribution is -2.25. The highest BCUT2D eigenvalue weighted by Crippen LogP contribution is 2.44. The third-order valence-electron chi connectivity index (χ3n) is 4.30. The number of carbonyl (C=O) groups excluding carboxylic acids is 1. The molecule has 0 aromatic heterocycles. The Morgan fingerprint density at radius 2 is 1.89 bits per heavy atom. The van der Waals surface area contributed by atoms with E-state index in [9.17, 15) is 10.1 Å². The molecule has 0 spiro atoms. The van der Waals surface area contributed by atoms with E-state index in [1.54, 1.807) is 25.6 Å². The number of rotatable bonds is 5. The molecular formula is C22H20N2O3S. The molecule has 0 radical (unpaired) electrons. The second-order valence-electron chi connectivity index (χ2n) is 6.07. The van der Waals surface area contributed by atoms with Crippen LogP contribution in [-0.4, -0.2) is 12.6 Å². The molecule has 3 rings (SSSR count). The third-order valence-corrected chi connectivity index (χ3v) is 5.40. The lowest BCUT2D eigenvalue weighted by molar-refractivity contribution is -0.139. The Balaban J connectivity index is 2.14. The highest BCUT2D eigenvalue weighted by atomic mass is 32.2. The van der Waals surface area contributed by atoms with Crippen molar-refractivity contribution < 1.29 is 14.3 Å². The summed E-state index contributed by atoms with van der Waals surface area (Å²) < 4.78 is 10.7. The number of hydrogen-bond acceptors (Lipinski definition) is 6. The summed E-state index contributed by atoms with van der Waals surface area (Å²) in [6.07, 6.45) is 0. The van der Waals surface area contributed by atoms with E-state index in [0.29, 0.717) is 11.3 Å². The lowest BCUT2D eigenvalue weighted by Gasteiger charge is -2.28. The minimum Gasteiger partial charge on any atom is -0.463 e. The molecule has 1 atom stereocenters. The van der Waals surface area contributed by atoms with Gasteiger partial charge >= 0.3 is 5.97 Å². The molecule has 0 saturated heterocycles. The first-order valence-corrected chi connectivity index (χ1v) is 9.65. The van der Waals surface area contributed by atoms with Crippen molar-refractivity contribution >= 4 is 17.7 Å². The fourth-order valence-corrected chi connectivity index (χ4v) is 4.09. The second-order valence-corrected chi connectivity index (χ2v) is 7.18. The molecule has 0 bridgehead atoms. The second kappa shape index (κ2) is 8.68. The van der Waals surface area contributed by atoms with Crippen molar-refractivity contribution in [2.75, 3.05) is 6.61 Å². The predicted molar refractivity (Wildman–Crippen MR) is 107 cm³/mol. The summed E-state index contributed by atoms with van der Waals surface area (Å²) in [5.74, 6) is -0.799. The molecule has 2 aromatic rings. The van der Waals surface area contributed by atoms with Crippen LogP contribution in [0, 0.1) is 11.3 Å². The van der Waals surface area contributed by atoms with E-state index in [-0.39, 0.29) is 18.1 Å². The zero-order chi connectivity index (χ0) is 20.1. The van der Waals surface area contributed by atoms with Crippen LogP contribution < -0.4 is 5.73 Å². The summed E-state index contributed by atoms with van der Waals surface area (Å²) in [7, 11) is 0. The smallest absolute Gasteiger partial charge is 0.338 e. The number of benzene rings is 2. The molecule has 142 valence electrons. The highest BCUT2D eigenvalue weighted by Gasteiger charge is 2.37. The van der Waals surface area contributed by atoms with Gasteiger partial charge in [0.1, 0.15) is 17.4 Å². The van der Waals surface area contributed by atoms with E-state index >= 15 is 0 Å². The van der Waals surface area contributed by atoms with Gasteiger partial charge in [-0.25, -0.2) is 4.79 Å². The van der Waals surface area contributed by atoms with Crippen LogP contribution in [0.3, 0.4) is 0 Å². The maximum absolute atomic E-state index is 12.7. The molecule has 1 aliphatic rings. The Hall–Kier alpha value is -3.17. The largest absolute Gasteiger partial charge is 0.463 e. The van der Waals surface area contributed by atoms with Gasteiger partial charge in [0.15, 0.2) is 0 Å². The molecular weight excluding hydrogens is 372 g/mol. The zero-order valence-corrected chi connectivity index (χ0v) is 16.5. The normalized spacial score (nSPS) is 16.4. The van der Waals surface area contributed by atoms with Crippen molar-refractivity contribution in [2.24, 2.45) is 5.73 Å². The Kier molecular flexibility index (Phi) is 6.07. The van der Waals surface area contributed by atoms with E-state index in [2.05, 4.69) is 6.07 Å². The van der Waals surface area contributed by atoms with Crippen molar-refractivity contribution in [2.45, 2.75) is 29.6 Å². The van der Waals surface area contributed by atoms with Gasteiger partial charge in [0, 0.05) is 9.79 Å². The highest BCUT2D eigenvalue weighted by molar-refractivity contribution is 7.99. The summed E-state index contributed by atoms with van der Waals surface area (Å²) in [6, 6.07) is 19.7. The zero-order valence-electron chi connectivity index (χ0n) is 15.6. The van der Waals surface area contributed by atoms with Crippen LogP contribution in [0.1, 0.15) is 25.3 Å². The van der Waals surface area contributed by atoms with Crippen molar-refractivity contribution in [1.29, 1.82) is 5.26 Å². The molecule has 2 N–H and O–H groups in total. The van der Waals surface area contributed by atoms with Gasteiger partial charge in [0.2, 0.25) is 5.88 Å². The van der Waals surface area contributed by atoms with Crippen molar-refractivity contribution in [3.05, 3.63) is 82.9 Å². The van der Waals surface area contributed by atoms with Crippen LogP contribution in [0.5, 0.6) is 0 Å². The summed E-state index contributed by atoms with van der Waals surface area (Å²) in [4.78, 5) is 14.7. The van der Waals surface area contributed by atoms with Gasteiger partial charge in [-0.05, 0) is 37.6 Å². The molecule has 28 heavy (non-hydrogen) atoms. The van der Waals surface area contributed by atoms with E-state index in [1.807, 2.05) is 54.6 Å². The average Bonchev–Trinajstić information content (AvgIpc) is 2.69. The Morgan fingerprint density at radius 3 is 2.57 bits per heavy atom. The first-order valence-electron chi connectivity index (χ1n) is 8.84. The maximum atomic E-state index is 12.7. The van der Waals surface area contributed by atoms with Crippen LogP contribution in [0.4, 0.5) is 0 Å². The van der Waals surface area contributed by atoms with Crippen molar-refractivity contribution in [3.8, 4) is 6.07 Å². The summed E-state index contributed by atoms with van der Waals surface area (Å²) >= 11 is 1.56. The van der Waals surface area contributed by atoms with Crippen molar-refractivity contribution in [3.63, 3.8) is 0 Å². The molecule has 1 aliphatic heterocycles. The van der Waals surface area contributed by atoms with Gasteiger partial charge in [-0.2, -0.15) is 5.26 Å². The lowest BCUT2D eigenvalue weighted by atomic mass is 9.83. The minimum absolute atomic E-state index is 0.0116. The Bertz CT molecular complexity index is 990. The number of hydrogen-bond donors (Lipinski definition) is 1. The molecule has 0 fully saturated rings. The molecule has 0 aliphatic carbocycles. The number of carbonyl (C=O) groups is 1. The maximum Gasteiger partial charge on any atom is 0.338 e. The molecule has 0 saturated carbocycles. The predicted octanol–water partition coefficient (Wildman–Crippen LogP) is 4.48. The SMILES string of the molecule is CCOC(=O)C1=C(C)OC(N)=C(C#N)C1c1ccccc1Sc1ccccc1. The molecule has 1 unspecified atom stereocenters. The molecule has 5 nitrogen and oxygen atoms in total. The van der Waals surface area contributed by atoms with Gasteiger partial charge in [-0.1, -0.05) is 48.2 Å². The monoisotopic (exact) mass is 392 g/mol. The molecule has 1 heterocycles. The quantitative estimate of drug-likeness (QED) is 0.755. The van der Waals surface area contributed by atoms with E-state index in [4.69, 9.17) is 15.2 Å². The number of allylic oxidation sites excluding steroid dienone is 2. The average molecular weight is 392 g/mol. The first kappa shape index (κ1) is 19.6. The number of ether oxygens (including phenoxy) is 2. The first-order chi connectivity index (χ1) is 13.6. The van der Waals surface area contributed by atoms with Gasteiger partial charge in [-0.3, -0.25) is 0 Å². The fraction of sp³-hybridized carbons (Fsp3) is 0.182. The third kappa shape index (κ3) is 3.90. The van der Waals surface area contributed by atoms with Gasteiger partial charge in [0.25, 0.3) is 0 Å². The van der Waals surface area contributed by atoms with Crippen LogP contribution in [-0.2, 0) is 14.3 Å². The van der Waals surface area contributed by atoms with Crippen LogP contribution in [0.15, 0.2) is 87.2 Å². The van der Waals surface area contributed by atoms with Crippen molar-refractivity contribution in [1.82, 2.24) is 0 Å². The summed E-state index contributed by atoms with van der Waals surface area (Å²) in [6.45, 7) is 3.62. The van der Waals surface area contributed by atoms with E-state index in [0.717, 1.165) is 15.4 Å². The topological polar surface area (TPSA) is 85.3 Å². The number of esters is 1. The van der Waals surface area contributed by atoms with Crippen LogP contribution in [0.25, 0.3) is 0 Å². The minimum atomic E-state index is -0.648. The van der Waals surface area contributed by atoms with Crippen LogP contribution in [0.2, 0.25) is 0 Å². The van der Waals surface area contributed by atoms with Crippen LogP contribution >= 0.6 is 11.8 Å². The van der Waals surface area contributed by atoms with Gasteiger partial charge in [0.05, 0.1) is 18.1 Å². The molecule has 6 heteroatoms. The summed E-state index contributed by atoms with van der Waals surface area (Å²) in [5.41, 5.74) is 7.30. The van der Waals surface area contributed by atoms with Gasteiger partial charge < -0.3 is 15.2 Å². The van der Waals surface area contributed by atoms with E-state index < -0.39 is 11.9 Å². The fourth-order valence-electron chi connectivity index (χ4n) is 3.09. The molecule has 2 aromatic carbocycles.